The molecule has 0 spiro atoms. The maximum atomic E-state index is 12.6. The highest BCUT2D eigenvalue weighted by Crippen LogP contribution is 2.38. The predicted octanol–water partition coefficient (Wildman–Crippen LogP) is 2.71. The monoisotopic (exact) mass is 416 g/mol. The molecule has 0 radical (unpaired) electrons. The number of aromatic amines is 1. The summed E-state index contributed by atoms with van der Waals surface area (Å²) in [6.45, 7) is 2.16. The van der Waals surface area contributed by atoms with Gasteiger partial charge in [0.2, 0.25) is 0 Å². The zero-order valence-corrected chi connectivity index (χ0v) is 16.7. The number of benzene rings is 1. The number of primary amides is 1. The van der Waals surface area contributed by atoms with E-state index in [1.807, 2.05) is 13.0 Å². The first kappa shape index (κ1) is 19.9. The van der Waals surface area contributed by atoms with Crippen LogP contribution in [0.15, 0.2) is 55.0 Å². The molecule has 0 bridgehead atoms. The Morgan fingerprint density at radius 3 is 2.77 bits per heavy atom. The minimum Gasteiger partial charge on any atom is -0.361 e. The molecule has 0 unspecified atom stereocenters. The summed E-state index contributed by atoms with van der Waals surface area (Å²) in [5, 5.41) is 8.19. The lowest BCUT2D eigenvalue weighted by molar-refractivity contribution is -0.110. The van der Waals surface area contributed by atoms with Gasteiger partial charge in [0.15, 0.2) is 0 Å². The van der Waals surface area contributed by atoms with Gasteiger partial charge in [-0.3, -0.25) is 14.6 Å². The molecule has 1 aliphatic heterocycles. The topological polar surface area (TPSA) is 142 Å². The van der Waals surface area contributed by atoms with E-state index in [-0.39, 0.29) is 11.8 Å². The van der Waals surface area contributed by atoms with Crippen LogP contribution >= 0.6 is 0 Å². The Labute approximate surface area is 177 Å². The second-order valence-electron chi connectivity index (χ2n) is 7.05. The van der Waals surface area contributed by atoms with Crippen LogP contribution in [0.3, 0.4) is 0 Å². The summed E-state index contributed by atoms with van der Waals surface area (Å²) in [6, 6.07) is 9.68. The molecule has 2 aromatic heterocycles. The molecule has 1 aliphatic rings. The van der Waals surface area contributed by atoms with Gasteiger partial charge in [0, 0.05) is 47.8 Å². The number of carbonyl (C=O) groups excluding carboxylic acids is 3. The van der Waals surface area contributed by atoms with Gasteiger partial charge in [-0.05, 0) is 54.5 Å². The van der Waals surface area contributed by atoms with Crippen molar-refractivity contribution < 1.29 is 14.4 Å². The first-order valence-electron chi connectivity index (χ1n) is 9.51. The van der Waals surface area contributed by atoms with Crippen LogP contribution in [-0.2, 0) is 11.3 Å². The van der Waals surface area contributed by atoms with Crippen molar-refractivity contribution in [2.45, 2.75) is 13.5 Å². The summed E-state index contributed by atoms with van der Waals surface area (Å²) >= 11 is 0. The van der Waals surface area contributed by atoms with Crippen molar-refractivity contribution >= 4 is 40.4 Å². The Balaban J connectivity index is 1.56. The SMILES string of the molecule is C/C(=C1/C(=O)Nc2ccc(NC(N)=O)cc21)c1cc(CNC(=O)c2cccnc2)c[nH]1. The maximum Gasteiger partial charge on any atom is 0.316 e. The van der Waals surface area contributed by atoms with Gasteiger partial charge in [-0.25, -0.2) is 4.79 Å². The highest BCUT2D eigenvalue weighted by atomic mass is 16.2. The molecular weight excluding hydrogens is 396 g/mol. The maximum absolute atomic E-state index is 12.6. The molecule has 9 heteroatoms. The fourth-order valence-electron chi connectivity index (χ4n) is 3.43. The second-order valence-corrected chi connectivity index (χ2v) is 7.05. The van der Waals surface area contributed by atoms with Gasteiger partial charge in [0.25, 0.3) is 11.8 Å². The molecule has 6 N–H and O–H groups in total. The number of rotatable bonds is 5. The first-order chi connectivity index (χ1) is 14.9. The molecule has 4 amide bonds. The van der Waals surface area contributed by atoms with Crippen LogP contribution < -0.4 is 21.7 Å². The fourth-order valence-corrected chi connectivity index (χ4v) is 3.43. The van der Waals surface area contributed by atoms with Crippen LogP contribution in [0.2, 0.25) is 0 Å². The number of pyridine rings is 1. The highest BCUT2D eigenvalue weighted by molar-refractivity contribution is 6.36. The Hall–Kier alpha value is -4.40. The van der Waals surface area contributed by atoms with Gasteiger partial charge in [0.1, 0.15) is 0 Å². The van der Waals surface area contributed by atoms with Crippen molar-refractivity contribution in [3.63, 3.8) is 0 Å². The average molecular weight is 416 g/mol. The molecule has 4 rings (SSSR count). The number of anilines is 2. The molecule has 156 valence electrons. The second kappa shape index (κ2) is 8.15. The number of nitrogens with zero attached hydrogens (tertiary/aromatic N) is 1. The first-order valence-corrected chi connectivity index (χ1v) is 9.51. The van der Waals surface area contributed by atoms with E-state index in [1.165, 1.54) is 6.20 Å². The van der Waals surface area contributed by atoms with Gasteiger partial charge >= 0.3 is 6.03 Å². The molecule has 0 aliphatic carbocycles. The van der Waals surface area contributed by atoms with Crippen LogP contribution in [0, 0.1) is 0 Å². The molecule has 0 atom stereocenters. The number of hydrogen-bond acceptors (Lipinski definition) is 4. The number of amides is 4. The zero-order chi connectivity index (χ0) is 22.0. The predicted molar refractivity (Wildman–Crippen MR) is 117 cm³/mol. The minimum absolute atomic E-state index is 0.218. The number of hydrogen-bond donors (Lipinski definition) is 5. The van der Waals surface area contributed by atoms with Crippen LogP contribution in [0.5, 0.6) is 0 Å². The van der Waals surface area contributed by atoms with Crippen molar-refractivity contribution in [2.75, 3.05) is 10.6 Å². The number of carbonyl (C=O) groups is 3. The summed E-state index contributed by atoms with van der Waals surface area (Å²) in [6.07, 6.45) is 4.89. The summed E-state index contributed by atoms with van der Waals surface area (Å²) in [5.74, 6) is -0.450. The molecule has 9 nitrogen and oxygen atoms in total. The molecule has 3 heterocycles. The summed E-state index contributed by atoms with van der Waals surface area (Å²) < 4.78 is 0. The average Bonchev–Trinajstić information content (AvgIpc) is 3.35. The third kappa shape index (κ3) is 4.15. The number of aromatic nitrogens is 2. The number of nitrogens with one attached hydrogen (secondary N) is 4. The van der Waals surface area contributed by atoms with E-state index in [2.05, 4.69) is 25.9 Å². The Morgan fingerprint density at radius 2 is 2.03 bits per heavy atom. The largest absolute Gasteiger partial charge is 0.361 e. The quantitative estimate of drug-likeness (QED) is 0.408. The number of H-pyrrole nitrogens is 1. The lowest BCUT2D eigenvalue weighted by Crippen LogP contribution is -2.22. The van der Waals surface area contributed by atoms with Crippen molar-refractivity contribution in [1.29, 1.82) is 0 Å². The van der Waals surface area contributed by atoms with E-state index in [4.69, 9.17) is 5.73 Å². The lowest BCUT2D eigenvalue weighted by Gasteiger charge is -2.07. The van der Waals surface area contributed by atoms with Crippen LogP contribution in [0.1, 0.15) is 34.1 Å². The van der Waals surface area contributed by atoms with Gasteiger partial charge in [0.05, 0.1) is 11.1 Å². The van der Waals surface area contributed by atoms with Crippen molar-refractivity contribution in [2.24, 2.45) is 5.73 Å². The number of urea groups is 1. The number of fused-ring (bicyclic) bond motifs is 1. The lowest BCUT2D eigenvalue weighted by atomic mass is 9.99. The summed E-state index contributed by atoms with van der Waals surface area (Å²) in [7, 11) is 0. The highest BCUT2D eigenvalue weighted by Gasteiger charge is 2.27. The van der Waals surface area contributed by atoms with E-state index in [0.29, 0.717) is 34.6 Å². The zero-order valence-electron chi connectivity index (χ0n) is 16.7. The van der Waals surface area contributed by atoms with Crippen LogP contribution in [0.4, 0.5) is 16.2 Å². The van der Waals surface area contributed by atoms with E-state index in [0.717, 1.165) is 16.8 Å². The smallest absolute Gasteiger partial charge is 0.316 e. The Bertz CT molecular complexity index is 1210. The molecule has 0 saturated carbocycles. The van der Waals surface area contributed by atoms with Crippen molar-refractivity contribution in [3.8, 4) is 0 Å². The van der Waals surface area contributed by atoms with Gasteiger partial charge in [-0.15, -0.1) is 0 Å². The molecule has 1 aromatic carbocycles. The van der Waals surface area contributed by atoms with Crippen LogP contribution in [0.25, 0.3) is 11.1 Å². The number of nitrogens with two attached hydrogens (primary N) is 1. The van der Waals surface area contributed by atoms with Crippen molar-refractivity contribution in [3.05, 3.63) is 77.4 Å². The Morgan fingerprint density at radius 1 is 1.19 bits per heavy atom. The third-order valence-corrected chi connectivity index (χ3v) is 4.93. The van der Waals surface area contributed by atoms with E-state index >= 15 is 0 Å². The minimum atomic E-state index is -0.679. The molecule has 3 aromatic rings. The molecular formula is C22H20N6O3. The Kier molecular flexibility index (Phi) is 5.23. The van der Waals surface area contributed by atoms with Gasteiger partial charge in [-0.1, -0.05) is 0 Å². The van der Waals surface area contributed by atoms with E-state index < -0.39 is 6.03 Å². The van der Waals surface area contributed by atoms with E-state index in [1.54, 1.807) is 42.7 Å². The standard InChI is InChI=1S/C22H20N6O3/c1-12(19-16-8-15(27-22(23)31)4-5-17(16)28-21(19)30)18-7-13(9-25-18)10-26-20(29)14-3-2-6-24-11-14/h2-9,11,25H,10H2,1H3,(H,26,29)(H,28,30)(H3,23,27,31)/b19-12-. The van der Waals surface area contributed by atoms with Gasteiger partial charge in [-0.2, -0.15) is 0 Å². The van der Waals surface area contributed by atoms with Crippen molar-refractivity contribution in [1.82, 2.24) is 15.3 Å². The molecule has 0 saturated heterocycles. The normalized spacial score (nSPS) is 13.9. The fraction of sp³-hybridized carbons (Fsp3) is 0.0909. The molecule has 0 fully saturated rings. The number of allylic oxidation sites excluding steroid dienone is 1. The third-order valence-electron chi connectivity index (χ3n) is 4.93. The summed E-state index contributed by atoms with van der Waals surface area (Å²) in [5.41, 5.74) is 10.3. The van der Waals surface area contributed by atoms with Gasteiger partial charge < -0.3 is 26.7 Å². The van der Waals surface area contributed by atoms with E-state index in [9.17, 15) is 14.4 Å². The van der Waals surface area contributed by atoms with Crippen LogP contribution in [-0.4, -0.2) is 27.8 Å². The summed E-state index contributed by atoms with van der Waals surface area (Å²) in [4.78, 5) is 43.0. The molecule has 31 heavy (non-hydrogen) atoms.